The fourth-order valence-corrected chi connectivity index (χ4v) is 2.83. The van der Waals surface area contributed by atoms with Gasteiger partial charge in [0.15, 0.2) is 0 Å². The normalized spacial score (nSPS) is 13.6. The largest absolute Gasteiger partial charge is 0.487 e. The Morgan fingerprint density at radius 2 is 1.96 bits per heavy atom. The summed E-state index contributed by atoms with van der Waals surface area (Å²) in [5.74, 6) is 1.37. The minimum atomic E-state index is -0.0823. The number of aromatic nitrogens is 3. The number of carbonyl (C=O) groups excluding carboxylic acids is 1. The molecule has 1 amide bonds. The predicted octanol–water partition coefficient (Wildman–Crippen LogP) is 2.83. The van der Waals surface area contributed by atoms with Crippen LogP contribution in [0.1, 0.15) is 21.7 Å². The van der Waals surface area contributed by atoms with Gasteiger partial charge in [-0.25, -0.2) is 4.98 Å². The third-order valence-electron chi connectivity index (χ3n) is 4.13. The maximum atomic E-state index is 12.8. The molecule has 0 saturated carbocycles. The Hall–Kier alpha value is -3.15. The highest BCUT2D eigenvalue weighted by Gasteiger charge is 2.28. The van der Waals surface area contributed by atoms with Gasteiger partial charge >= 0.3 is 0 Å². The Labute approximate surface area is 145 Å². The van der Waals surface area contributed by atoms with Crippen LogP contribution < -0.4 is 9.64 Å². The van der Waals surface area contributed by atoms with Gasteiger partial charge in [-0.3, -0.25) is 14.4 Å². The maximum Gasteiger partial charge on any atom is 0.277 e. The molecule has 0 saturated heterocycles. The molecule has 3 heterocycles. The van der Waals surface area contributed by atoms with Crippen LogP contribution in [0.25, 0.3) is 0 Å². The van der Waals surface area contributed by atoms with E-state index in [0.29, 0.717) is 31.2 Å². The van der Waals surface area contributed by atoms with E-state index in [4.69, 9.17) is 4.74 Å². The minimum Gasteiger partial charge on any atom is -0.487 e. The highest BCUT2D eigenvalue weighted by Crippen LogP contribution is 2.20. The number of hydrogen-bond acceptors (Lipinski definition) is 4. The van der Waals surface area contributed by atoms with Gasteiger partial charge in [0.25, 0.3) is 5.91 Å². The van der Waals surface area contributed by atoms with E-state index in [0.717, 1.165) is 17.0 Å². The summed E-state index contributed by atoms with van der Waals surface area (Å²) >= 11 is 0. The van der Waals surface area contributed by atoms with E-state index in [1.807, 2.05) is 49.4 Å². The number of anilines is 1. The van der Waals surface area contributed by atoms with Crippen molar-refractivity contribution >= 4 is 11.7 Å². The second kappa shape index (κ2) is 6.39. The van der Waals surface area contributed by atoms with E-state index in [2.05, 4.69) is 10.1 Å². The van der Waals surface area contributed by atoms with E-state index in [9.17, 15) is 4.79 Å². The number of ether oxygens (including phenoxy) is 1. The standard InChI is InChI=1S/C19H18N4O2/c1-14-7-8-18(20-12-14)22-9-10-23-17(19(22)24)11-15(21-23)13-25-16-5-3-2-4-6-16/h2-8,11-12H,9-10,13H2,1H3. The monoisotopic (exact) mass is 334 g/mol. The number of para-hydroxylation sites is 1. The zero-order chi connectivity index (χ0) is 17.2. The van der Waals surface area contributed by atoms with Crippen LogP contribution in [0, 0.1) is 6.92 Å². The summed E-state index contributed by atoms with van der Waals surface area (Å²) < 4.78 is 7.46. The van der Waals surface area contributed by atoms with Gasteiger partial charge in [-0.1, -0.05) is 24.3 Å². The lowest BCUT2D eigenvalue weighted by atomic mass is 10.2. The van der Waals surface area contributed by atoms with Gasteiger partial charge in [-0.15, -0.1) is 0 Å². The fraction of sp³-hybridized carbons (Fsp3) is 0.211. The smallest absolute Gasteiger partial charge is 0.277 e. The molecule has 1 aromatic carbocycles. The van der Waals surface area contributed by atoms with Crippen LogP contribution in [0.2, 0.25) is 0 Å². The number of hydrogen-bond donors (Lipinski definition) is 0. The van der Waals surface area contributed by atoms with Gasteiger partial charge in [0.1, 0.15) is 29.6 Å². The Bertz CT molecular complexity index is 888. The molecule has 0 spiro atoms. The van der Waals surface area contributed by atoms with Crippen molar-refractivity contribution in [1.82, 2.24) is 14.8 Å². The van der Waals surface area contributed by atoms with Crippen molar-refractivity contribution in [2.45, 2.75) is 20.1 Å². The van der Waals surface area contributed by atoms with Crippen molar-refractivity contribution in [2.75, 3.05) is 11.4 Å². The van der Waals surface area contributed by atoms with Crippen molar-refractivity contribution in [3.63, 3.8) is 0 Å². The van der Waals surface area contributed by atoms with E-state index < -0.39 is 0 Å². The molecule has 0 atom stereocenters. The molecular formula is C19H18N4O2. The summed E-state index contributed by atoms with van der Waals surface area (Å²) in [7, 11) is 0. The predicted molar refractivity (Wildman–Crippen MR) is 93.7 cm³/mol. The third kappa shape index (κ3) is 3.10. The molecule has 1 aliphatic rings. The Kier molecular flexibility index (Phi) is 3.93. The van der Waals surface area contributed by atoms with Gasteiger partial charge in [0.05, 0.1) is 6.54 Å². The second-order valence-corrected chi connectivity index (χ2v) is 6.00. The second-order valence-electron chi connectivity index (χ2n) is 6.00. The Morgan fingerprint density at radius 3 is 2.72 bits per heavy atom. The van der Waals surface area contributed by atoms with Gasteiger partial charge in [-0.05, 0) is 36.8 Å². The first-order chi connectivity index (χ1) is 12.2. The van der Waals surface area contributed by atoms with E-state index in [-0.39, 0.29) is 5.91 Å². The molecule has 6 nitrogen and oxygen atoms in total. The minimum absolute atomic E-state index is 0.0823. The van der Waals surface area contributed by atoms with Gasteiger partial charge in [0.2, 0.25) is 0 Å². The van der Waals surface area contributed by atoms with Crippen molar-refractivity contribution in [2.24, 2.45) is 0 Å². The molecule has 126 valence electrons. The lowest BCUT2D eigenvalue weighted by Gasteiger charge is -2.26. The molecule has 0 fully saturated rings. The fourth-order valence-electron chi connectivity index (χ4n) is 2.83. The van der Waals surface area contributed by atoms with Crippen LogP contribution in [-0.4, -0.2) is 27.2 Å². The number of rotatable bonds is 4. The average Bonchev–Trinajstić information content (AvgIpc) is 3.06. The van der Waals surface area contributed by atoms with Crippen LogP contribution in [-0.2, 0) is 13.2 Å². The summed E-state index contributed by atoms with van der Waals surface area (Å²) in [6.07, 6.45) is 1.77. The molecule has 0 radical (unpaired) electrons. The number of aryl methyl sites for hydroxylation is 1. The molecule has 2 aromatic heterocycles. The summed E-state index contributed by atoms with van der Waals surface area (Å²) in [5, 5.41) is 4.48. The zero-order valence-corrected chi connectivity index (χ0v) is 13.9. The maximum absolute atomic E-state index is 12.8. The van der Waals surface area contributed by atoms with Crippen molar-refractivity contribution in [3.8, 4) is 5.75 Å². The molecule has 0 bridgehead atoms. The van der Waals surface area contributed by atoms with Crippen molar-refractivity contribution in [1.29, 1.82) is 0 Å². The molecule has 6 heteroatoms. The molecule has 3 aromatic rings. The number of benzene rings is 1. The number of nitrogens with zero attached hydrogens (tertiary/aromatic N) is 4. The van der Waals surface area contributed by atoms with Crippen LogP contribution in [0.15, 0.2) is 54.7 Å². The first-order valence-electron chi connectivity index (χ1n) is 8.20. The molecule has 0 aliphatic carbocycles. The third-order valence-corrected chi connectivity index (χ3v) is 4.13. The first kappa shape index (κ1) is 15.4. The molecule has 0 N–H and O–H groups in total. The van der Waals surface area contributed by atoms with Crippen molar-refractivity contribution in [3.05, 3.63) is 71.7 Å². The Morgan fingerprint density at radius 1 is 1.12 bits per heavy atom. The lowest BCUT2D eigenvalue weighted by molar-refractivity contribution is 0.0961. The summed E-state index contributed by atoms with van der Waals surface area (Å²) in [4.78, 5) is 18.8. The van der Waals surface area contributed by atoms with Crippen LogP contribution >= 0.6 is 0 Å². The number of amides is 1. The lowest BCUT2D eigenvalue weighted by Crippen LogP contribution is -2.40. The van der Waals surface area contributed by atoms with Gasteiger partial charge in [0, 0.05) is 12.7 Å². The summed E-state index contributed by atoms with van der Waals surface area (Å²) in [6, 6.07) is 15.2. The number of fused-ring (bicyclic) bond motifs is 1. The number of carbonyl (C=O) groups is 1. The first-order valence-corrected chi connectivity index (χ1v) is 8.20. The van der Waals surface area contributed by atoms with Crippen LogP contribution in [0.4, 0.5) is 5.82 Å². The van der Waals surface area contributed by atoms with E-state index >= 15 is 0 Å². The SMILES string of the molecule is Cc1ccc(N2CCn3nc(COc4ccccc4)cc3C2=O)nc1. The van der Waals surface area contributed by atoms with Crippen molar-refractivity contribution < 1.29 is 9.53 Å². The molecule has 4 rings (SSSR count). The van der Waals surface area contributed by atoms with Gasteiger partial charge in [-0.2, -0.15) is 5.10 Å². The Balaban J connectivity index is 1.51. The number of pyridine rings is 1. The topological polar surface area (TPSA) is 60.2 Å². The van der Waals surface area contributed by atoms with Crippen LogP contribution in [0.5, 0.6) is 5.75 Å². The average molecular weight is 334 g/mol. The van der Waals surface area contributed by atoms with E-state index in [1.54, 1.807) is 21.8 Å². The highest BCUT2D eigenvalue weighted by molar-refractivity contribution is 6.05. The molecule has 0 unspecified atom stereocenters. The highest BCUT2D eigenvalue weighted by atomic mass is 16.5. The van der Waals surface area contributed by atoms with Gasteiger partial charge < -0.3 is 4.74 Å². The van der Waals surface area contributed by atoms with E-state index in [1.165, 1.54) is 0 Å². The zero-order valence-electron chi connectivity index (χ0n) is 13.9. The molecule has 25 heavy (non-hydrogen) atoms. The molecule has 1 aliphatic heterocycles. The summed E-state index contributed by atoms with van der Waals surface area (Å²) in [5.41, 5.74) is 2.38. The molecular weight excluding hydrogens is 316 g/mol. The summed E-state index contributed by atoms with van der Waals surface area (Å²) in [6.45, 7) is 3.51. The quantitative estimate of drug-likeness (QED) is 0.736. The van der Waals surface area contributed by atoms with Crippen LogP contribution in [0.3, 0.4) is 0 Å².